The Kier molecular flexibility index (Phi) is 4.79. The van der Waals surface area contributed by atoms with Crippen LogP contribution in [0.2, 0.25) is 0 Å². The number of halogens is 2. The normalized spacial score (nSPS) is 10.4. The van der Waals surface area contributed by atoms with Crippen LogP contribution in [0.5, 0.6) is 5.75 Å². The minimum absolute atomic E-state index is 0.0399. The number of anilines is 2. The fraction of sp³-hybridized carbons (Fsp3) is 0.0526. The van der Waals surface area contributed by atoms with Crippen molar-refractivity contribution in [3.63, 3.8) is 0 Å². The van der Waals surface area contributed by atoms with E-state index in [4.69, 9.17) is 9.84 Å². The molecule has 0 unspecified atom stereocenters. The molecule has 0 saturated carbocycles. The summed E-state index contributed by atoms with van der Waals surface area (Å²) >= 11 is 0. The second kappa shape index (κ2) is 7.18. The molecule has 1 aromatic heterocycles. The number of ether oxygens (including phenoxy) is 1. The zero-order valence-electron chi connectivity index (χ0n) is 13.7. The van der Waals surface area contributed by atoms with E-state index in [0.717, 1.165) is 17.8 Å². The quantitative estimate of drug-likeness (QED) is 0.676. The van der Waals surface area contributed by atoms with Crippen LogP contribution in [0.15, 0.2) is 60.8 Å². The number of aromatic nitrogens is 1. The molecule has 5 nitrogen and oxygen atoms in total. The van der Waals surface area contributed by atoms with Crippen molar-refractivity contribution in [1.29, 1.82) is 0 Å². The number of pyridine rings is 1. The Balaban J connectivity index is 2.01. The first-order valence-corrected chi connectivity index (χ1v) is 7.60. The molecule has 0 bridgehead atoms. The fourth-order valence-corrected chi connectivity index (χ4v) is 2.49. The predicted octanol–water partition coefficient (Wildman–Crippen LogP) is 4.62. The Labute approximate surface area is 148 Å². The van der Waals surface area contributed by atoms with Gasteiger partial charge in [0.05, 0.1) is 12.7 Å². The SMILES string of the molecule is COc1c(-c2ccccc2)ccc(N(F)c2ccc(C(=O)O)cn2)c1F. The third-order valence-corrected chi connectivity index (χ3v) is 3.77. The molecule has 0 amide bonds. The van der Waals surface area contributed by atoms with Gasteiger partial charge in [0.25, 0.3) is 0 Å². The van der Waals surface area contributed by atoms with E-state index in [1.54, 1.807) is 30.3 Å². The molecule has 0 atom stereocenters. The Morgan fingerprint density at radius 2 is 1.85 bits per heavy atom. The van der Waals surface area contributed by atoms with Crippen LogP contribution in [-0.2, 0) is 0 Å². The third-order valence-electron chi connectivity index (χ3n) is 3.77. The molecule has 7 heteroatoms. The average Bonchev–Trinajstić information content (AvgIpc) is 2.68. The van der Waals surface area contributed by atoms with E-state index in [-0.39, 0.29) is 22.3 Å². The molecule has 0 radical (unpaired) electrons. The second-order valence-electron chi connectivity index (χ2n) is 5.34. The van der Waals surface area contributed by atoms with Gasteiger partial charge < -0.3 is 9.84 Å². The van der Waals surface area contributed by atoms with Crippen LogP contribution in [0.4, 0.5) is 20.4 Å². The van der Waals surface area contributed by atoms with Gasteiger partial charge in [-0.15, -0.1) is 0 Å². The molecule has 3 aromatic rings. The topological polar surface area (TPSA) is 62.7 Å². The summed E-state index contributed by atoms with van der Waals surface area (Å²) in [6, 6.07) is 14.2. The first-order valence-electron chi connectivity index (χ1n) is 7.60. The van der Waals surface area contributed by atoms with E-state index in [0.29, 0.717) is 5.56 Å². The summed E-state index contributed by atoms with van der Waals surface area (Å²) < 4.78 is 34.6. The number of rotatable bonds is 5. The molecule has 0 fully saturated rings. The lowest BCUT2D eigenvalue weighted by Crippen LogP contribution is -2.09. The van der Waals surface area contributed by atoms with Gasteiger partial charge in [-0.05, 0) is 29.8 Å². The average molecular weight is 356 g/mol. The molecule has 2 aromatic carbocycles. The zero-order valence-corrected chi connectivity index (χ0v) is 13.7. The molecule has 0 aliphatic carbocycles. The van der Waals surface area contributed by atoms with Crippen LogP contribution >= 0.6 is 0 Å². The first kappa shape index (κ1) is 17.3. The predicted molar refractivity (Wildman–Crippen MR) is 92.8 cm³/mol. The van der Waals surface area contributed by atoms with Crippen LogP contribution in [0, 0.1) is 5.82 Å². The highest BCUT2D eigenvalue weighted by Gasteiger charge is 2.21. The van der Waals surface area contributed by atoms with Gasteiger partial charge in [-0.2, -0.15) is 5.12 Å². The number of hydrogen-bond acceptors (Lipinski definition) is 4. The maximum Gasteiger partial charge on any atom is 0.337 e. The van der Waals surface area contributed by atoms with Crippen molar-refractivity contribution in [2.45, 2.75) is 0 Å². The summed E-state index contributed by atoms with van der Waals surface area (Å²) in [6.45, 7) is 0. The molecule has 0 aliphatic rings. The molecule has 0 saturated heterocycles. The molecular formula is C19H14F2N2O3. The van der Waals surface area contributed by atoms with E-state index in [9.17, 15) is 13.7 Å². The monoisotopic (exact) mass is 356 g/mol. The van der Waals surface area contributed by atoms with Crippen molar-refractivity contribution < 1.29 is 23.5 Å². The minimum atomic E-state index is -1.19. The van der Waals surface area contributed by atoms with Gasteiger partial charge in [-0.3, -0.25) is 0 Å². The van der Waals surface area contributed by atoms with Crippen LogP contribution < -0.4 is 9.86 Å². The molecule has 1 heterocycles. The lowest BCUT2D eigenvalue weighted by atomic mass is 10.0. The summed E-state index contributed by atoms with van der Waals surface area (Å²) in [5.74, 6) is -2.42. The smallest absolute Gasteiger partial charge is 0.337 e. The number of carbonyl (C=O) groups is 1. The van der Waals surface area contributed by atoms with Crippen molar-refractivity contribution in [1.82, 2.24) is 4.98 Å². The molecule has 0 spiro atoms. The molecule has 3 rings (SSSR count). The van der Waals surface area contributed by atoms with Gasteiger partial charge in [0.2, 0.25) is 0 Å². The minimum Gasteiger partial charge on any atom is -0.493 e. The summed E-state index contributed by atoms with van der Waals surface area (Å²) in [5, 5.41) is 8.90. The number of aromatic carboxylic acids is 1. The van der Waals surface area contributed by atoms with Crippen LogP contribution in [0.25, 0.3) is 11.1 Å². The van der Waals surface area contributed by atoms with Crippen molar-refractivity contribution in [2.24, 2.45) is 0 Å². The van der Waals surface area contributed by atoms with Crippen molar-refractivity contribution >= 4 is 17.5 Å². The van der Waals surface area contributed by atoms with Crippen LogP contribution in [0.1, 0.15) is 10.4 Å². The summed E-state index contributed by atoms with van der Waals surface area (Å²) in [6.07, 6.45) is 0.998. The van der Waals surface area contributed by atoms with E-state index in [1.165, 1.54) is 19.2 Å². The molecule has 26 heavy (non-hydrogen) atoms. The number of methoxy groups -OCH3 is 1. The lowest BCUT2D eigenvalue weighted by Gasteiger charge is -2.17. The van der Waals surface area contributed by atoms with Crippen molar-refractivity contribution in [3.8, 4) is 16.9 Å². The Hall–Kier alpha value is -3.48. The number of carboxylic acids is 1. The Bertz CT molecular complexity index is 932. The van der Waals surface area contributed by atoms with Gasteiger partial charge in [-0.25, -0.2) is 14.2 Å². The summed E-state index contributed by atoms with van der Waals surface area (Å²) in [4.78, 5) is 14.6. The molecule has 1 N–H and O–H groups in total. The van der Waals surface area contributed by atoms with E-state index in [2.05, 4.69) is 4.98 Å². The van der Waals surface area contributed by atoms with Gasteiger partial charge >= 0.3 is 5.97 Å². The van der Waals surface area contributed by atoms with Gasteiger partial charge in [0, 0.05) is 11.8 Å². The largest absolute Gasteiger partial charge is 0.493 e. The Morgan fingerprint density at radius 3 is 2.42 bits per heavy atom. The van der Waals surface area contributed by atoms with Crippen molar-refractivity contribution in [3.05, 3.63) is 72.2 Å². The van der Waals surface area contributed by atoms with Crippen LogP contribution in [0.3, 0.4) is 0 Å². The molecule has 0 aliphatic heterocycles. The Morgan fingerprint density at radius 1 is 1.12 bits per heavy atom. The number of nitrogens with zero attached hydrogens (tertiary/aromatic N) is 2. The summed E-state index contributed by atoms with van der Waals surface area (Å²) in [5.41, 5.74) is 0.720. The van der Waals surface area contributed by atoms with E-state index >= 15 is 0 Å². The maximum atomic E-state index is 14.8. The first-order chi connectivity index (χ1) is 12.5. The zero-order chi connectivity index (χ0) is 18.7. The molecule has 132 valence electrons. The van der Waals surface area contributed by atoms with E-state index in [1.807, 2.05) is 6.07 Å². The fourth-order valence-electron chi connectivity index (χ4n) is 2.49. The summed E-state index contributed by atoms with van der Waals surface area (Å²) in [7, 11) is 1.30. The standard InChI is InChI=1S/C19H14F2N2O3/c1-26-18-14(12-5-3-2-4-6-12)8-9-15(17(18)20)23(21)16-10-7-13(11-22-16)19(24)25/h2-11H,1H3,(H,24,25). The van der Waals surface area contributed by atoms with Crippen molar-refractivity contribution in [2.75, 3.05) is 12.2 Å². The highest BCUT2D eigenvalue weighted by Crippen LogP contribution is 2.39. The number of carboxylic acid groups (broad SMARTS) is 1. The lowest BCUT2D eigenvalue weighted by molar-refractivity contribution is 0.0696. The third kappa shape index (κ3) is 3.19. The van der Waals surface area contributed by atoms with Gasteiger partial charge in [-0.1, -0.05) is 34.8 Å². The molecular weight excluding hydrogens is 342 g/mol. The highest BCUT2D eigenvalue weighted by molar-refractivity contribution is 5.87. The second-order valence-corrected chi connectivity index (χ2v) is 5.34. The van der Waals surface area contributed by atoms with E-state index < -0.39 is 17.5 Å². The van der Waals surface area contributed by atoms with Gasteiger partial charge in [0.15, 0.2) is 17.4 Å². The van der Waals surface area contributed by atoms with Gasteiger partial charge in [0.1, 0.15) is 5.69 Å². The maximum absolute atomic E-state index is 14.8. The number of benzene rings is 2. The number of hydrogen-bond donors (Lipinski definition) is 1. The van der Waals surface area contributed by atoms with Crippen LogP contribution in [-0.4, -0.2) is 23.2 Å². The highest BCUT2D eigenvalue weighted by atomic mass is 19.2.